The van der Waals surface area contributed by atoms with Crippen LogP contribution in [-0.2, 0) is 6.42 Å². The molecule has 0 radical (unpaired) electrons. The number of benzene rings is 1. The summed E-state index contributed by atoms with van der Waals surface area (Å²) in [6, 6.07) is 3.18. The maximum atomic E-state index is 13.2. The number of alkyl halides is 2. The van der Waals surface area contributed by atoms with E-state index in [9.17, 15) is 13.2 Å². The lowest BCUT2D eigenvalue weighted by molar-refractivity contribution is 0.115. The molecular weight excluding hydrogens is 191 g/mol. The van der Waals surface area contributed by atoms with Crippen LogP contribution in [0.1, 0.15) is 11.1 Å². The fourth-order valence-electron chi connectivity index (χ4n) is 1.16. The van der Waals surface area contributed by atoms with Crippen molar-refractivity contribution in [1.29, 1.82) is 0 Å². The third kappa shape index (κ3) is 2.73. The Morgan fingerprint density at radius 1 is 1.36 bits per heavy atom. The van der Waals surface area contributed by atoms with Gasteiger partial charge in [0, 0.05) is 0 Å². The summed E-state index contributed by atoms with van der Waals surface area (Å²) in [4.78, 5) is 0. The van der Waals surface area contributed by atoms with Gasteiger partial charge in [-0.3, -0.25) is 0 Å². The molecule has 1 aromatic rings. The van der Waals surface area contributed by atoms with Crippen LogP contribution in [0, 0.1) is 12.7 Å². The normalized spacial score (nSPS) is 13.3. The smallest absolute Gasteiger partial charge is 0.253 e. The summed E-state index contributed by atoms with van der Waals surface area (Å²) in [7, 11) is 0. The van der Waals surface area contributed by atoms with Crippen LogP contribution in [-0.4, -0.2) is 12.5 Å². The molecule has 78 valence electrons. The van der Waals surface area contributed by atoms with Crippen LogP contribution in [0.3, 0.4) is 0 Å². The van der Waals surface area contributed by atoms with Gasteiger partial charge in [-0.15, -0.1) is 0 Å². The van der Waals surface area contributed by atoms with Gasteiger partial charge >= 0.3 is 0 Å². The first-order valence-corrected chi connectivity index (χ1v) is 4.29. The first-order valence-electron chi connectivity index (χ1n) is 4.29. The first kappa shape index (κ1) is 11.0. The van der Waals surface area contributed by atoms with Gasteiger partial charge < -0.3 is 5.73 Å². The molecule has 2 N–H and O–H groups in total. The second-order valence-electron chi connectivity index (χ2n) is 3.30. The number of rotatable bonds is 3. The minimum atomic E-state index is -2.62. The van der Waals surface area contributed by atoms with Gasteiger partial charge in [-0.25, -0.2) is 13.2 Å². The minimum Gasteiger partial charge on any atom is -0.323 e. The highest BCUT2D eigenvalue weighted by molar-refractivity contribution is 5.24. The Labute approximate surface area is 80.7 Å². The van der Waals surface area contributed by atoms with Crippen molar-refractivity contribution in [3.8, 4) is 0 Å². The quantitative estimate of drug-likeness (QED) is 0.801. The molecule has 0 aliphatic heterocycles. The molecule has 0 aromatic heterocycles. The topological polar surface area (TPSA) is 26.0 Å². The summed E-state index contributed by atoms with van der Waals surface area (Å²) in [5.74, 6) is -0.471. The van der Waals surface area contributed by atoms with Gasteiger partial charge in [-0.05, 0) is 30.5 Å². The summed E-state index contributed by atoms with van der Waals surface area (Å²) in [5.41, 5.74) is 6.14. The van der Waals surface area contributed by atoms with Crippen molar-refractivity contribution in [2.24, 2.45) is 5.73 Å². The van der Waals surface area contributed by atoms with Crippen molar-refractivity contribution in [2.75, 3.05) is 0 Å². The molecule has 0 bridgehead atoms. The van der Waals surface area contributed by atoms with Crippen molar-refractivity contribution >= 4 is 0 Å². The molecule has 1 atom stereocenters. The lowest BCUT2D eigenvalue weighted by atomic mass is 10.0. The van der Waals surface area contributed by atoms with Crippen LogP contribution < -0.4 is 5.73 Å². The average Bonchev–Trinajstić information content (AvgIpc) is 2.09. The zero-order chi connectivity index (χ0) is 10.7. The Balaban J connectivity index is 2.77. The highest BCUT2D eigenvalue weighted by Gasteiger charge is 2.17. The predicted octanol–water partition coefficient (Wildman–Crippen LogP) is 2.27. The summed E-state index contributed by atoms with van der Waals surface area (Å²) >= 11 is 0. The Hall–Kier alpha value is -1.03. The Morgan fingerprint density at radius 3 is 2.50 bits per heavy atom. The van der Waals surface area contributed by atoms with Gasteiger partial charge in [0.15, 0.2) is 0 Å². The van der Waals surface area contributed by atoms with Gasteiger partial charge in [0.25, 0.3) is 6.43 Å². The van der Waals surface area contributed by atoms with Crippen LogP contribution >= 0.6 is 0 Å². The fraction of sp³-hybridized carbons (Fsp3) is 0.400. The Bertz CT molecular complexity index is 312. The standard InChI is InChI=1S/C10H12F3N/c1-6-2-3-7(8(11)4-6)5-9(14)10(12)13/h2-4,9-10H,5,14H2,1H3. The molecule has 0 saturated heterocycles. The monoisotopic (exact) mass is 203 g/mol. The van der Waals surface area contributed by atoms with Crippen LogP contribution in [0.15, 0.2) is 18.2 Å². The third-order valence-electron chi connectivity index (χ3n) is 1.99. The zero-order valence-electron chi connectivity index (χ0n) is 7.81. The molecule has 1 aromatic carbocycles. The molecule has 14 heavy (non-hydrogen) atoms. The molecule has 0 spiro atoms. The number of hydrogen-bond donors (Lipinski definition) is 1. The second kappa shape index (κ2) is 4.46. The molecule has 1 unspecified atom stereocenters. The van der Waals surface area contributed by atoms with E-state index in [1.165, 1.54) is 12.1 Å². The summed E-state index contributed by atoms with van der Waals surface area (Å²) in [5, 5.41) is 0. The average molecular weight is 203 g/mol. The van der Waals surface area contributed by atoms with Gasteiger partial charge in [-0.2, -0.15) is 0 Å². The van der Waals surface area contributed by atoms with Crippen LogP contribution in [0.2, 0.25) is 0 Å². The first-order chi connectivity index (χ1) is 6.50. The van der Waals surface area contributed by atoms with E-state index in [1.807, 2.05) is 0 Å². The molecule has 0 heterocycles. The van der Waals surface area contributed by atoms with Gasteiger partial charge in [0.05, 0.1) is 6.04 Å². The molecule has 0 aliphatic rings. The number of halogens is 3. The summed E-state index contributed by atoms with van der Waals surface area (Å²) in [6.07, 6.45) is -2.75. The Kier molecular flexibility index (Phi) is 3.52. The van der Waals surface area contributed by atoms with Gasteiger partial charge in [0.1, 0.15) is 5.82 Å². The largest absolute Gasteiger partial charge is 0.323 e. The van der Waals surface area contributed by atoms with Gasteiger partial charge in [0.2, 0.25) is 0 Å². The van der Waals surface area contributed by atoms with E-state index in [2.05, 4.69) is 0 Å². The molecule has 1 nitrogen and oxygen atoms in total. The molecule has 0 aliphatic carbocycles. The Morgan fingerprint density at radius 2 is 2.00 bits per heavy atom. The summed E-state index contributed by atoms with van der Waals surface area (Å²) in [6.45, 7) is 1.74. The van der Waals surface area contributed by atoms with Gasteiger partial charge in [-0.1, -0.05) is 12.1 Å². The number of hydrogen-bond acceptors (Lipinski definition) is 1. The highest BCUT2D eigenvalue weighted by atomic mass is 19.3. The molecule has 0 amide bonds. The maximum Gasteiger partial charge on any atom is 0.253 e. The fourth-order valence-corrected chi connectivity index (χ4v) is 1.16. The number of aryl methyl sites for hydroxylation is 1. The highest BCUT2D eigenvalue weighted by Crippen LogP contribution is 2.13. The molecule has 0 saturated carbocycles. The van der Waals surface area contributed by atoms with Crippen molar-refractivity contribution in [3.63, 3.8) is 0 Å². The maximum absolute atomic E-state index is 13.2. The van der Waals surface area contributed by atoms with Crippen LogP contribution in [0.4, 0.5) is 13.2 Å². The van der Waals surface area contributed by atoms with E-state index in [4.69, 9.17) is 5.73 Å². The second-order valence-corrected chi connectivity index (χ2v) is 3.30. The van der Waals surface area contributed by atoms with Crippen molar-refractivity contribution < 1.29 is 13.2 Å². The summed E-state index contributed by atoms with van der Waals surface area (Å²) < 4.78 is 37.3. The van der Waals surface area contributed by atoms with E-state index in [0.717, 1.165) is 5.56 Å². The van der Waals surface area contributed by atoms with E-state index < -0.39 is 18.3 Å². The van der Waals surface area contributed by atoms with Crippen molar-refractivity contribution in [3.05, 3.63) is 35.1 Å². The van der Waals surface area contributed by atoms with Crippen molar-refractivity contribution in [2.45, 2.75) is 25.8 Å². The van der Waals surface area contributed by atoms with Crippen LogP contribution in [0.25, 0.3) is 0 Å². The molecule has 4 heteroatoms. The minimum absolute atomic E-state index is 0.135. The lowest BCUT2D eigenvalue weighted by Gasteiger charge is -2.11. The molecule has 0 fully saturated rings. The van der Waals surface area contributed by atoms with E-state index in [-0.39, 0.29) is 12.0 Å². The van der Waals surface area contributed by atoms with Crippen molar-refractivity contribution in [1.82, 2.24) is 0 Å². The van der Waals surface area contributed by atoms with E-state index in [0.29, 0.717) is 0 Å². The lowest BCUT2D eigenvalue weighted by Crippen LogP contribution is -2.31. The SMILES string of the molecule is Cc1ccc(CC(N)C(F)F)c(F)c1. The number of nitrogens with two attached hydrogens (primary N) is 1. The van der Waals surface area contributed by atoms with Crippen LogP contribution in [0.5, 0.6) is 0 Å². The van der Waals surface area contributed by atoms with E-state index in [1.54, 1.807) is 13.0 Å². The molecule has 1 rings (SSSR count). The predicted molar refractivity (Wildman–Crippen MR) is 48.8 cm³/mol. The van der Waals surface area contributed by atoms with E-state index >= 15 is 0 Å². The third-order valence-corrected chi connectivity index (χ3v) is 1.99. The molecular formula is C10H12F3N. The zero-order valence-corrected chi connectivity index (χ0v) is 7.81.